The van der Waals surface area contributed by atoms with Crippen molar-refractivity contribution < 1.29 is 0 Å². The molecule has 0 fully saturated rings. The normalized spacial score (nSPS) is 16.5. The number of hydrogen-bond donors (Lipinski definition) is 0. The topological polar surface area (TPSA) is 3.24 Å². The Labute approximate surface area is 399 Å². The van der Waals surface area contributed by atoms with Crippen molar-refractivity contribution in [2.24, 2.45) is 0 Å². The third-order valence-corrected chi connectivity index (χ3v) is 16.3. The SMILES string of the molecule is CC1(C)c2ccccc2-c2ccc(N(c3ccc4c(c3)C(C)(C)c3cc(-c5ccccc5)ccc3-4)c3cccc4c3-c3ccccc3C43c4ccccc4-c4ccc(-c5ccccc5)cc43)cc21. The molecule has 0 radical (unpaired) electrons. The van der Waals surface area contributed by atoms with Crippen LogP contribution in [0.15, 0.2) is 224 Å². The Morgan fingerprint density at radius 1 is 0.265 bits per heavy atom. The van der Waals surface area contributed by atoms with Crippen LogP contribution in [0.4, 0.5) is 17.1 Å². The van der Waals surface area contributed by atoms with E-state index in [-0.39, 0.29) is 10.8 Å². The molecule has 4 aliphatic carbocycles. The van der Waals surface area contributed by atoms with Crippen molar-refractivity contribution in [1.82, 2.24) is 0 Å². The van der Waals surface area contributed by atoms with E-state index in [0.29, 0.717) is 0 Å². The van der Waals surface area contributed by atoms with Crippen LogP contribution in [0.5, 0.6) is 0 Å². The molecule has 1 atom stereocenters. The predicted octanol–water partition coefficient (Wildman–Crippen LogP) is 17.4. The van der Waals surface area contributed by atoms with Crippen LogP contribution < -0.4 is 4.90 Å². The summed E-state index contributed by atoms with van der Waals surface area (Å²) in [6.07, 6.45) is 0. The van der Waals surface area contributed by atoms with Crippen LogP contribution in [0, 0.1) is 0 Å². The second kappa shape index (κ2) is 14.0. The zero-order valence-corrected chi connectivity index (χ0v) is 38.8. The van der Waals surface area contributed by atoms with Crippen LogP contribution in [0.3, 0.4) is 0 Å². The van der Waals surface area contributed by atoms with Gasteiger partial charge in [-0.15, -0.1) is 0 Å². The first-order chi connectivity index (χ1) is 33.2. The summed E-state index contributed by atoms with van der Waals surface area (Å²) in [5.41, 5.74) is 28.9. The van der Waals surface area contributed by atoms with Gasteiger partial charge in [-0.2, -0.15) is 0 Å². The highest BCUT2D eigenvalue weighted by atomic mass is 15.1. The molecule has 0 bridgehead atoms. The first-order valence-corrected chi connectivity index (χ1v) is 24.2. The maximum atomic E-state index is 2.59. The van der Waals surface area contributed by atoms with Crippen LogP contribution in [-0.4, -0.2) is 0 Å². The summed E-state index contributed by atoms with van der Waals surface area (Å²) in [4.78, 5) is 2.59. The summed E-state index contributed by atoms with van der Waals surface area (Å²) in [5, 5.41) is 0. The Morgan fingerprint density at radius 2 is 0.662 bits per heavy atom. The number of anilines is 3. The van der Waals surface area contributed by atoms with Crippen LogP contribution in [-0.2, 0) is 16.2 Å². The van der Waals surface area contributed by atoms with E-state index in [1.54, 1.807) is 0 Å². The molecule has 10 aromatic carbocycles. The third-order valence-electron chi connectivity index (χ3n) is 16.3. The van der Waals surface area contributed by atoms with Gasteiger partial charge in [-0.3, -0.25) is 0 Å². The van der Waals surface area contributed by atoms with Crippen LogP contribution in [0.2, 0.25) is 0 Å². The molecular weight excluding hydrogens is 819 g/mol. The van der Waals surface area contributed by atoms with Crippen molar-refractivity contribution in [3.8, 4) is 66.8 Å². The quantitative estimate of drug-likeness (QED) is 0.167. The molecule has 1 heteroatoms. The van der Waals surface area contributed by atoms with E-state index < -0.39 is 5.41 Å². The van der Waals surface area contributed by atoms with E-state index in [9.17, 15) is 0 Å². The van der Waals surface area contributed by atoms with Gasteiger partial charge in [0, 0.05) is 27.8 Å². The fraction of sp³-hybridized carbons (Fsp3) is 0.104. The van der Waals surface area contributed by atoms with Gasteiger partial charge >= 0.3 is 0 Å². The van der Waals surface area contributed by atoms with E-state index in [1.807, 2.05) is 0 Å². The van der Waals surface area contributed by atoms with Crippen molar-refractivity contribution in [3.63, 3.8) is 0 Å². The van der Waals surface area contributed by atoms with Crippen molar-refractivity contribution in [2.45, 2.75) is 43.9 Å². The molecule has 1 nitrogen and oxygen atoms in total. The van der Waals surface area contributed by atoms with E-state index >= 15 is 0 Å². The van der Waals surface area contributed by atoms with E-state index in [4.69, 9.17) is 0 Å². The van der Waals surface area contributed by atoms with Gasteiger partial charge in [0.25, 0.3) is 0 Å². The molecule has 0 saturated heterocycles. The lowest BCUT2D eigenvalue weighted by Gasteiger charge is -2.33. The zero-order valence-electron chi connectivity index (χ0n) is 38.8. The molecule has 0 saturated carbocycles. The fourth-order valence-electron chi connectivity index (χ4n) is 13.1. The molecule has 0 heterocycles. The van der Waals surface area contributed by atoms with Gasteiger partial charge in [-0.1, -0.05) is 210 Å². The van der Waals surface area contributed by atoms with Gasteiger partial charge in [0.15, 0.2) is 0 Å². The Hall–Kier alpha value is -8.00. The van der Waals surface area contributed by atoms with Crippen LogP contribution >= 0.6 is 0 Å². The predicted molar refractivity (Wildman–Crippen MR) is 283 cm³/mol. The molecule has 322 valence electrons. The molecule has 68 heavy (non-hydrogen) atoms. The summed E-state index contributed by atoms with van der Waals surface area (Å²) in [5.74, 6) is 0. The van der Waals surface area contributed by atoms with Crippen molar-refractivity contribution in [3.05, 3.63) is 269 Å². The number of fused-ring (bicyclic) bond motifs is 16. The fourth-order valence-corrected chi connectivity index (χ4v) is 13.1. The van der Waals surface area contributed by atoms with Gasteiger partial charge < -0.3 is 4.90 Å². The average molecular weight is 868 g/mol. The standard InChI is InChI=1S/C67H49N/c1-65(2)55-25-14-11-22-48(55)51-36-32-46(40-60(51)65)68(47-33-37-52-50-34-30-44(42-18-7-5-8-19-42)38-59(50)66(3,4)61(52)41-47)63-29-17-28-58-64(63)54-24-13-16-27-57(54)67(58)56-26-15-12-23-49(56)53-35-31-45(39-62(53)67)43-20-9-6-10-21-43/h5-41H,1-4H3. The average Bonchev–Trinajstić information content (AvgIpc) is 4.02. The first kappa shape index (κ1) is 39.2. The lowest BCUT2D eigenvalue weighted by atomic mass is 9.70. The molecule has 0 aromatic heterocycles. The second-order valence-electron chi connectivity index (χ2n) is 20.4. The molecule has 4 aliphatic rings. The number of rotatable bonds is 5. The molecule has 1 unspecified atom stereocenters. The third kappa shape index (κ3) is 5.17. The summed E-state index contributed by atoms with van der Waals surface area (Å²) in [6, 6.07) is 85.0. The Kier molecular flexibility index (Phi) is 8.08. The van der Waals surface area contributed by atoms with E-state index in [0.717, 1.165) is 11.4 Å². The molecule has 0 aliphatic heterocycles. The number of hydrogen-bond acceptors (Lipinski definition) is 1. The van der Waals surface area contributed by atoms with E-state index in [2.05, 4.69) is 257 Å². The molecular formula is C67H49N. The van der Waals surface area contributed by atoms with Gasteiger partial charge in [0.2, 0.25) is 0 Å². The van der Waals surface area contributed by atoms with Crippen molar-refractivity contribution >= 4 is 17.1 Å². The molecule has 10 aromatic rings. The second-order valence-corrected chi connectivity index (χ2v) is 20.4. The van der Waals surface area contributed by atoms with Gasteiger partial charge in [-0.25, -0.2) is 0 Å². The largest absolute Gasteiger partial charge is 0.310 e. The van der Waals surface area contributed by atoms with Crippen LogP contribution in [0.1, 0.15) is 72.2 Å². The zero-order chi connectivity index (χ0) is 45.5. The van der Waals surface area contributed by atoms with Gasteiger partial charge in [0.1, 0.15) is 0 Å². The first-order valence-electron chi connectivity index (χ1n) is 24.2. The summed E-state index contributed by atoms with van der Waals surface area (Å²) in [6.45, 7) is 9.61. The maximum absolute atomic E-state index is 2.59. The highest BCUT2D eigenvalue weighted by Crippen LogP contribution is 2.65. The van der Waals surface area contributed by atoms with E-state index in [1.165, 1.54) is 117 Å². The Balaban J connectivity index is 1.02. The maximum Gasteiger partial charge on any atom is 0.0726 e. The smallest absolute Gasteiger partial charge is 0.0726 e. The molecule has 14 rings (SSSR count). The highest BCUT2D eigenvalue weighted by Gasteiger charge is 2.53. The van der Waals surface area contributed by atoms with Crippen molar-refractivity contribution in [2.75, 3.05) is 4.90 Å². The van der Waals surface area contributed by atoms with Gasteiger partial charge in [-0.05, 0) is 148 Å². The molecule has 1 spiro atoms. The number of nitrogens with zero attached hydrogens (tertiary/aromatic N) is 1. The summed E-state index contributed by atoms with van der Waals surface area (Å²) in [7, 11) is 0. The highest BCUT2D eigenvalue weighted by molar-refractivity contribution is 6.02. The minimum Gasteiger partial charge on any atom is -0.310 e. The Bertz CT molecular complexity index is 3740. The minimum atomic E-state index is -0.510. The molecule has 0 N–H and O–H groups in total. The van der Waals surface area contributed by atoms with Gasteiger partial charge in [0.05, 0.1) is 11.1 Å². The monoisotopic (exact) mass is 867 g/mol. The minimum absolute atomic E-state index is 0.158. The summed E-state index contributed by atoms with van der Waals surface area (Å²) >= 11 is 0. The number of benzene rings is 10. The molecule has 0 amide bonds. The lowest BCUT2D eigenvalue weighted by molar-refractivity contribution is 0.660. The van der Waals surface area contributed by atoms with Crippen molar-refractivity contribution in [1.29, 1.82) is 0 Å². The van der Waals surface area contributed by atoms with Crippen LogP contribution in [0.25, 0.3) is 66.8 Å². The lowest BCUT2D eigenvalue weighted by Crippen LogP contribution is -2.26. The summed E-state index contributed by atoms with van der Waals surface area (Å²) < 4.78 is 0. The Morgan fingerprint density at radius 3 is 1.25 bits per heavy atom.